The fraction of sp³-hybridized carbons (Fsp3) is 0.750. The van der Waals surface area contributed by atoms with E-state index in [1.54, 1.807) is 0 Å². The highest BCUT2D eigenvalue weighted by molar-refractivity contribution is 4.94. The first-order valence-corrected chi connectivity index (χ1v) is 4.20. The van der Waals surface area contributed by atoms with Crippen molar-refractivity contribution in [2.24, 2.45) is 0 Å². The molecule has 0 amide bonds. The van der Waals surface area contributed by atoms with Crippen molar-refractivity contribution >= 4 is 0 Å². The van der Waals surface area contributed by atoms with Crippen molar-refractivity contribution < 1.29 is 4.74 Å². The van der Waals surface area contributed by atoms with E-state index in [0.29, 0.717) is 6.04 Å². The van der Waals surface area contributed by atoms with E-state index in [9.17, 15) is 0 Å². The van der Waals surface area contributed by atoms with Crippen LogP contribution in [0.25, 0.3) is 0 Å². The van der Waals surface area contributed by atoms with Crippen LogP contribution in [-0.2, 0) is 4.74 Å². The molecule has 62 valence electrons. The number of nitrogens with one attached hydrogen (secondary N) is 1. The van der Waals surface area contributed by atoms with Crippen LogP contribution in [0.5, 0.6) is 0 Å². The lowest BCUT2D eigenvalue weighted by molar-refractivity contribution is 0.166. The van der Waals surface area contributed by atoms with E-state index in [1.165, 1.54) is 6.54 Å². The lowest BCUT2D eigenvalue weighted by Gasteiger charge is -2.25. The van der Waals surface area contributed by atoms with Crippen LogP contribution in [0.3, 0.4) is 0 Å². The van der Waals surface area contributed by atoms with E-state index < -0.39 is 0 Å². The molecule has 1 N–H and O–H groups in total. The van der Waals surface area contributed by atoms with Gasteiger partial charge >= 0.3 is 0 Å². The first-order valence-electron chi connectivity index (χ1n) is 4.20. The summed E-state index contributed by atoms with van der Waals surface area (Å²) < 4.78 is 5.13. The highest BCUT2D eigenvalue weighted by atomic mass is 16.5. The molecule has 0 spiro atoms. The molecule has 2 aliphatic heterocycles. The van der Waals surface area contributed by atoms with Crippen LogP contribution in [0.15, 0.2) is 12.3 Å². The topological polar surface area (TPSA) is 24.5 Å². The molecule has 2 rings (SSSR count). The molecule has 1 saturated heterocycles. The minimum absolute atomic E-state index is 0.610. The first kappa shape index (κ1) is 7.13. The van der Waals surface area contributed by atoms with Crippen LogP contribution in [0.2, 0.25) is 0 Å². The van der Waals surface area contributed by atoms with Crippen molar-refractivity contribution in [3.05, 3.63) is 12.3 Å². The number of hydrogen-bond donors (Lipinski definition) is 1. The highest BCUT2D eigenvalue weighted by Crippen LogP contribution is 2.11. The summed E-state index contributed by atoms with van der Waals surface area (Å²) in [5.74, 6) is 0. The Kier molecular flexibility index (Phi) is 2.10. The summed E-state index contributed by atoms with van der Waals surface area (Å²) in [5, 5.41) is 3.32. The van der Waals surface area contributed by atoms with Gasteiger partial charge in [-0.1, -0.05) is 0 Å². The zero-order valence-corrected chi connectivity index (χ0v) is 6.62. The molecule has 3 nitrogen and oxygen atoms in total. The lowest BCUT2D eigenvalue weighted by Crippen LogP contribution is -2.34. The Morgan fingerprint density at radius 3 is 3.18 bits per heavy atom. The summed E-state index contributed by atoms with van der Waals surface area (Å²) >= 11 is 0. The Morgan fingerprint density at radius 2 is 2.55 bits per heavy atom. The minimum Gasteiger partial charge on any atom is -0.501 e. The molecule has 0 bridgehead atoms. The van der Waals surface area contributed by atoms with E-state index in [-0.39, 0.29) is 0 Å². The van der Waals surface area contributed by atoms with Crippen molar-refractivity contribution in [2.75, 3.05) is 26.4 Å². The lowest BCUT2D eigenvalue weighted by atomic mass is 10.1. The molecular formula is C8H14N2O. The normalized spacial score (nSPS) is 32.2. The third-order valence-corrected chi connectivity index (χ3v) is 2.29. The maximum Gasteiger partial charge on any atom is 0.0891 e. The zero-order chi connectivity index (χ0) is 7.52. The predicted octanol–water partition coefficient (Wildman–Crippen LogP) is 0.152. The number of hydrogen-bond acceptors (Lipinski definition) is 3. The van der Waals surface area contributed by atoms with Gasteiger partial charge in [-0.25, -0.2) is 0 Å². The summed E-state index contributed by atoms with van der Waals surface area (Å²) in [5.41, 5.74) is 0. The fourth-order valence-electron chi connectivity index (χ4n) is 1.61. The molecule has 0 saturated carbocycles. The van der Waals surface area contributed by atoms with Gasteiger partial charge in [0, 0.05) is 32.2 Å². The highest BCUT2D eigenvalue weighted by Gasteiger charge is 2.20. The fourth-order valence-corrected chi connectivity index (χ4v) is 1.61. The van der Waals surface area contributed by atoms with Gasteiger partial charge in [-0.2, -0.15) is 0 Å². The molecule has 0 aromatic rings. The van der Waals surface area contributed by atoms with Crippen molar-refractivity contribution in [3.63, 3.8) is 0 Å². The van der Waals surface area contributed by atoms with Crippen LogP contribution in [0.4, 0.5) is 0 Å². The van der Waals surface area contributed by atoms with Crippen LogP contribution >= 0.6 is 0 Å². The number of nitrogens with zero attached hydrogens (tertiary/aromatic N) is 1. The van der Waals surface area contributed by atoms with E-state index in [4.69, 9.17) is 4.74 Å². The van der Waals surface area contributed by atoms with Gasteiger partial charge in [-0.3, -0.25) is 4.90 Å². The maximum absolute atomic E-state index is 5.13. The van der Waals surface area contributed by atoms with Gasteiger partial charge in [0.1, 0.15) is 0 Å². The average Bonchev–Trinajstić information content (AvgIpc) is 2.58. The minimum atomic E-state index is 0.610. The standard InChI is InChI=1S/C8H14N2O/c1-5-11-6-2-8(1)10-4-3-9-7-10/h1,5,8-9H,2-4,6-7H2. The van der Waals surface area contributed by atoms with Gasteiger partial charge in [-0.15, -0.1) is 0 Å². The Bertz CT molecular complexity index is 152. The van der Waals surface area contributed by atoms with Crippen molar-refractivity contribution in [1.82, 2.24) is 10.2 Å². The summed E-state index contributed by atoms with van der Waals surface area (Å²) in [6, 6.07) is 0.610. The van der Waals surface area contributed by atoms with Crippen molar-refractivity contribution in [1.29, 1.82) is 0 Å². The van der Waals surface area contributed by atoms with Crippen molar-refractivity contribution in [2.45, 2.75) is 12.5 Å². The third-order valence-electron chi connectivity index (χ3n) is 2.29. The first-order chi connectivity index (χ1) is 5.47. The van der Waals surface area contributed by atoms with E-state index >= 15 is 0 Å². The largest absolute Gasteiger partial charge is 0.501 e. The Balaban J connectivity index is 1.91. The molecule has 2 heterocycles. The average molecular weight is 154 g/mol. The third kappa shape index (κ3) is 1.54. The molecule has 0 aromatic heterocycles. The number of ether oxygens (including phenoxy) is 1. The van der Waals surface area contributed by atoms with E-state index in [2.05, 4.69) is 16.3 Å². The van der Waals surface area contributed by atoms with Gasteiger partial charge < -0.3 is 10.1 Å². The number of rotatable bonds is 1. The molecule has 3 heteroatoms. The Hall–Kier alpha value is -0.540. The predicted molar refractivity (Wildman–Crippen MR) is 43.1 cm³/mol. The smallest absolute Gasteiger partial charge is 0.0891 e. The quantitative estimate of drug-likeness (QED) is 0.582. The van der Waals surface area contributed by atoms with Gasteiger partial charge in [0.05, 0.1) is 12.9 Å². The molecule has 0 aliphatic carbocycles. The molecule has 11 heavy (non-hydrogen) atoms. The van der Waals surface area contributed by atoms with Gasteiger partial charge in [0.25, 0.3) is 0 Å². The Labute approximate surface area is 67.0 Å². The monoisotopic (exact) mass is 154 g/mol. The molecule has 2 aliphatic rings. The molecule has 1 fully saturated rings. The summed E-state index contributed by atoms with van der Waals surface area (Å²) in [6.45, 7) is 4.22. The SMILES string of the molecule is C1=CC(N2CCNC2)CCO1. The van der Waals surface area contributed by atoms with Gasteiger partial charge in [-0.05, 0) is 6.08 Å². The van der Waals surface area contributed by atoms with Crippen LogP contribution in [0.1, 0.15) is 6.42 Å². The van der Waals surface area contributed by atoms with E-state index in [0.717, 1.165) is 26.2 Å². The summed E-state index contributed by atoms with van der Waals surface area (Å²) in [6.07, 6.45) is 5.11. The van der Waals surface area contributed by atoms with Crippen LogP contribution < -0.4 is 5.32 Å². The second kappa shape index (κ2) is 3.24. The second-order valence-electron chi connectivity index (χ2n) is 3.03. The van der Waals surface area contributed by atoms with Crippen LogP contribution in [-0.4, -0.2) is 37.3 Å². The van der Waals surface area contributed by atoms with Gasteiger partial charge in [0.2, 0.25) is 0 Å². The molecule has 0 aromatic carbocycles. The molecule has 1 unspecified atom stereocenters. The summed E-state index contributed by atoms with van der Waals surface area (Å²) in [7, 11) is 0. The summed E-state index contributed by atoms with van der Waals surface area (Å²) in [4.78, 5) is 2.44. The molecule has 1 atom stereocenters. The Morgan fingerprint density at radius 1 is 1.55 bits per heavy atom. The van der Waals surface area contributed by atoms with E-state index in [1.807, 2.05) is 6.26 Å². The molecular weight excluding hydrogens is 140 g/mol. The zero-order valence-electron chi connectivity index (χ0n) is 6.62. The van der Waals surface area contributed by atoms with Gasteiger partial charge in [0.15, 0.2) is 0 Å². The van der Waals surface area contributed by atoms with Crippen molar-refractivity contribution in [3.8, 4) is 0 Å². The second-order valence-corrected chi connectivity index (χ2v) is 3.03. The maximum atomic E-state index is 5.13. The molecule has 0 radical (unpaired) electrons. The van der Waals surface area contributed by atoms with Crippen LogP contribution in [0, 0.1) is 0 Å².